The predicted molar refractivity (Wildman–Crippen MR) is 92.6 cm³/mol. The Hall–Kier alpha value is -2.28. The molecule has 0 aliphatic carbocycles. The normalized spacial score (nSPS) is 16.8. The molecule has 1 aromatic rings. The van der Waals surface area contributed by atoms with Gasteiger partial charge in [0, 0.05) is 39.8 Å². The van der Waals surface area contributed by atoms with E-state index in [9.17, 15) is 9.59 Å². The highest BCUT2D eigenvalue weighted by Gasteiger charge is 2.34. The van der Waals surface area contributed by atoms with E-state index in [1.807, 2.05) is 18.2 Å². The summed E-state index contributed by atoms with van der Waals surface area (Å²) in [5.41, 5.74) is 0.937. The average molecular weight is 350 g/mol. The molecule has 138 valence electrons. The predicted octanol–water partition coefficient (Wildman–Crippen LogP) is 1.21. The zero-order chi connectivity index (χ0) is 18.2. The number of hydrogen-bond acceptors (Lipinski definition) is 5. The molecule has 0 aromatic heterocycles. The quantitative estimate of drug-likeness (QED) is 0.677. The molecule has 2 amide bonds. The van der Waals surface area contributed by atoms with Crippen molar-refractivity contribution in [3.05, 3.63) is 23.8 Å². The SMILES string of the molecule is COCCCNC(=O)C1CC(=O)N(Cc2ccc(OC)c(OC)c2)C1. The van der Waals surface area contributed by atoms with Crippen LogP contribution in [0.5, 0.6) is 11.5 Å². The van der Waals surface area contributed by atoms with E-state index in [2.05, 4.69) is 5.32 Å². The van der Waals surface area contributed by atoms with Gasteiger partial charge in [0.15, 0.2) is 11.5 Å². The summed E-state index contributed by atoms with van der Waals surface area (Å²) >= 11 is 0. The van der Waals surface area contributed by atoms with E-state index < -0.39 is 0 Å². The van der Waals surface area contributed by atoms with Crippen molar-refractivity contribution >= 4 is 11.8 Å². The number of benzene rings is 1. The maximum absolute atomic E-state index is 12.2. The summed E-state index contributed by atoms with van der Waals surface area (Å²) in [5, 5.41) is 2.86. The van der Waals surface area contributed by atoms with Gasteiger partial charge < -0.3 is 24.4 Å². The van der Waals surface area contributed by atoms with Crippen LogP contribution in [-0.2, 0) is 20.9 Å². The molecule has 1 aliphatic heterocycles. The van der Waals surface area contributed by atoms with Crippen LogP contribution in [0.4, 0.5) is 0 Å². The summed E-state index contributed by atoms with van der Waals surface area (Å²) in [6.07, 6.45) is 1.02. The molecule has 0 spiro atoms. The van der Waals surface area contributed by atoms with E-state index in [1.165, 1.54) is 0 Å². The Balaban J connectivity index is 1.91. The first kappa shape index (κ1) is 19.1. The van der Waals surface area contributed by atoms with Gasteiger partial charge in [0.1, 0.15) is 0 Å². The molecule has 0 saturated carbocycles. The van der Waals surface area contributed by atoms with Gasteiger partial charge in [-0.15, -0.1) is 0 Å². The van der Waals surface area contributed by atoms with E-state index in [4.69, 9.17) is 14.2 Å². The second-order valence-electron chi connectivity index (χ2n) is 6.00. The van der Waals surface area contributed by atoms with Gasteiger partial charge in [-0.25, -0.2) is 0 Å². The smallest absolute Gasteiger partial charge is 0.225 e. The van der Waals surface area contributed by atoms with E-state index in [1.54, 1.807) is 26.2 Å². The van der Waals surface area contributed by atoms with Gasteiger partial charge in [-0.2, -0.15) is 0 Å². The van der Waals surface area contributed by atoms with Gasteiger partial charge in [0.05, 0.1) is 20.1 Å². The minimum atomic E-state index is -0.296. The van der Waals surface area contributed by atoms with Gasteiger partial charge in [-0.1, -0.05) is 6.07 Å². The van der Waals surface area contributed by atoms with Crippen LogP contribution in [0.25, 0.3) is 0 Å². The Morgan fingerprint density at radius 3 is 2.68 bits per heavy atom. The summed E-state index contributed by atoms with van der Waals surface area (Å²) in [6.45, 7) is 2.05. The van der Waals surface area contributed by atoms with Gasteiger partial charge >= 0.3 is 0 Å². The van der Waals surface area contributed by atoms with Crippen LogP contribution in [0.15, 0.2) is 18.2 Å². The Bertz CT molecular complexity index is 605. The second kappa shape index (κ2) is 9.27. The van der Waals surface area contributed by atoms with Gasteiger partial charge in [0.2, 0.25) is 11.8 Å². The molecule has 1 fully saturated rings. The van der Waals surface area contributed by atoms with Crippen molar-refractivity contribution in [3.8, 4) is 11.5 Å². The Labute approximate surface area is 148 Å². The second-order valence-corrected chi connectivity index (χ2v) is 6.00. The lowest BCUT2D eigenvalue weighted by Gasteiger charge is -2.18. The molecule has 1 aromatic carbocycles. The summed E-state index contributed by atoms with van der Waals surface area (Å²) in [4.78, 5) is 26.1. The number of amides is 2. The Kier molecular flexibility index (Phi) is 7.06. The summed E-state index contributed by atoms with van der Waals surface area (Å²) in [5.74, 6) is 0.896. The van der Waals surface area contributed by atoms with Crippen LogP contribution in [0.3, 0.4) is 0 Å². The Morgan fingerprint density at radius 2 is 2.00 bits per heavy atom. The molecule has 0 bridgehead atoms. The molecule has 7 nitrogen and oxygen atoms in total. The number of likely N-dealkylation sites (tertiary alicyclic amines) is 1. The first-order valence-corrected chi connectivity index (χ1v) is 8.34. The minimum Gasteiger partial charge on any atom is -0.493 e. The fraction of sp³-hybridized carbons (Fsp3) is 0.556. The molecule has 1 aliphatic rings. The van der Waals surface area contributed by atoms with Crippen LogP contribution >= 0.6 is 0 Å². The fourth-order valence-corrected chi connectivity index (χ4v) is 2.87. The van der Waals surface area contributed by atoms with Crippen LogP contribution in [-0.4, -0.2) is 57.7 Å². The number of carbonyl (C=O) groups excluding carboxylic acids is 2. The van der Waals surface area contributed by atoms with Crippen molar-refractivity contribution in [1.29, 1.82) is 0 Å². The summed E-state index contributed by atoms with van der Waals surface area (Å²) in [6, 6.07) is 5.56. The standard InChI is InChI=1S/C18H26N2O5/c1-23-8-4-7-19-18(22)14-10-17(21)20(12-14)11-13-5-6-15(24-2)16(9-13)25-3/h5-6,9,14H,4,7-8,10-12H2,1-3H3,(H,19,22). The lowest BCUT2D eigenvalue weighted by Crippen LogP contribution is -2.33. The highest BCUT2D eigenvalue weighted by molar-refractivity contribution is 5.89. The van der Waals surface area contributed by atoms with E-state index in [0.717, 1.165) is 12.0 Å². The van der Waals surface area contributed by atoms with Crippen molar-refractivity contribution in [2.75, 3.05) is 41.0 Å². The third kappa shape index (κ3) is 5.09. The van der Waals surface area contributed by atoms with Crippen LogP contribution in [0, 0.1) is 5.92 Å². The van der Waals surface area contributed by atoms with Crippen LogP contribution in [0.1, 0.15) is 18.4 Å². The highest BCUT2D eigenvalue weighted by atomic mass is 16.5. The van der Waals surface area contributed by atoms with Gasteiger partial charge in [-0.05, 0) is 24.1 Å². The van der Waals surface area contributed by atoms with Crippen LogP contribution < -0.4 is 14.8 Å². The molecule has 7 heteroatoms. The first-order chi connectivity index (χ1) is 12.1. The first-order valence-electron chi connectivity index (χ1n) is 8.34. The zero-order valence-corrected chi connectivity index (χ0v) is 15.0. The molecular formula is C18H26N2O5. The van der Waals surface area contributed by atoms with Crippen molar-refractivity contribution in [3.63, 3.8) is 0 Å². The molecule has 1 saturated heterocycles. The maximum Gasteiger partial charge on any atom is 0.225 e. The molecular weight excluding hydrogens is 324 g/mol. The molecule has 1 heterocycles. The number of methoxy groups -OCH3 is 3. The van der Waals surface area contributed by atoms with Crippen molar-refractivity contribution in [2.24, 2.45) is 5.92 Å². The van der Waals surface area contributed by atoms with Gasteiger partial charge in [0.25, 0.3) is 0 Å². The fourth-order valence-electron chi connectivity index (χ4n) is 2.87. The van der Waals surface area contributed by atoms with Crippen molar-refractivity contribution in [1.82, 2.24) is 10.2 Å². The van der Waals surface area contributed by atoms with Crippen molar-refractivity contribution < 1.29 is 23.8 Å². The third-order valence-corrected chi connectivity index (χ3v) is 4.23. The van der Waals surface area contributed by atoms with Crippen LogP contribution in [0.2, 0.25) is 0 Å². The average Bonchev–Trinajstić information content (AvgIpc) is 2.99. The number of nitrogens with zero attached hydrogens (tertiary/aromatic N) is 1. The molecule has 2 rings (SSSR count). The molecule has 1 unspecified atom stereocenters. The van der Waals surface area contributed by atoms with Crippen molar-refractivity contribution in [2.45, 2.75) is 19.4 Å². The number of hydrogen-bond donors (Lipinski definition) is 1. The molecule has 1 atom stereocenters. The molecule has 1 N–H and O–H groups in total. The van der Waals surface area contributed by atoms with Gasteiger partial charge in [-0.3, -0.25) is 9.59 Å². The summed E-state index contributed by atoms with van der Waals surface area (Å²) < 4.78 is 15.5. The topological polar surface area (TPSA) is 77.1 Å². The van der Waals surface area contributed by atoms with E-state index in [-0.39, 0.29) is 24.2 Å². The number of rotatable bonds is 9. The lowest BCUT2D eigenvalue weighted by molar-refractivity contribution is -0.129. The maximum atomic E-state index is 12.2. The third-order valence-electron chi connectivity index (χ3n) is 4.23. The Morgan fingerprint density at radius 1 is 1.24 bits per heavy atom. The molecule has 0 radical (unpaired) electrons. The number of nitrogens with one attached hydrogen (secondary N) is 1. The molecule has 25 heavy (non-hydrogen) atoms. The van der Waals surface area contributed by atoms with E-state index >= 15 is 0 Å². The largest absolute Gasteiger partial charge is 0.493 e. The number of carbonyl (C=O) groups is 2. The number of ether oxygens (including phenoxy) is 3. The highest BCUT2D eigenvalue weighted by Crippen LogP contribution is 2.29. The van der Waals surface area contributed by atoms with E-state index in [0.29, 0.717) is 37.7 Å². The zero-order valence-electron chi connectivity index (χ0n) is 15.0. The monoisotopic (exact) mass is 350 g/mol. The minimum absolute atomic E-state index is 0.00757. The summed E-state index contributed by atoms with van der Waals surface area (Å²) in [7, 11) is 4.79. The lowest BCUT2D eigenvalue weighted by atomic mass is 10.1.